The van der Waals surface area contributed by atoms with Crippen LogP contribution in [0.4, 0.5) is 0 Å². The van der Waals surface area contributed by atoms with Gasteiger partial charge in [-0.25, -0.2) is 4.98 Å². The average Bonchev–Trinajstić information content (AvgIpc) is 3.45. The summed E-state index contributed by atoms with van der Waals surface area (Å²) in [5.41, 5.74) is 3.18. The third-order valence-electron chi connectivity index (χ3n) is 5.27. The van der Waals surface area contributed by atoms with Crippen LogP contribution in [0.15, 0.2) is 60.8 Å². The second-order valence-corrected chi connectivity index (χ2v) is 7.25. The zero-order chi connectivity index (χ0) is 20.1. The molecular weight excluding hydrogens is 362 g/mol. The molecule has 0 radical (unpaired) electrons. The third kappa shape index (κ3) is 4.36. The maximum absolute atomic E-state index is 13.1. The van der Waals surface area contributed by atoms with Crippen molar-refractivity contribution in [3.63, 3.8) is 0 Å². The molecule has 1 saturated heterocycles. The number of carbonyl (C=O) groups is 1. The van der Waals surface area contributed by atoms with Crippen LogP contribution in [0.3, 0.4) is 0 Å². The zero-order valence-electron chi connectivity index (χ0n) is 16.1. The highest BCUT2D eigenvalue weighted by Crippen LogP contribution is 2.18. The molecule has 2 aromatic carbocycles. The van der Waals surface area contributed by atoms with E-state index in [1.54, 1.807) is 6.20 Å². The Labute approximate surface area is 170 Å². The molecule has 146 valence electrons. The summed E-state index contributed by atoms with van der Waals surface area (Å²) in [7, 11) is 0. The summed E-state index contributed by atoms with van der Waals surface area (Å²) in [5, 5.41) is 12.6. The number of hydrogen-bond donors (Lipinski definition) is 2. The molecule has 4 rings (SSSR count). The largest absolute Gasteiger partial charge is 0.344 e. The van der Waals surface area contributed by atoms with Crippen LogP contribution in [0.1, 0.15) is 39.4 Å². The minimum atomic E-state index is 0.0327. The smallest absolute Gasteiger partial charge is 0.254 e. The summed E-state index contributed by atoms with van der Waals surface area (Å²) in [6.07, 6.45) is 3.29. The second kappa shape index (κ2) is 8.72. The number of nitriles is 1. The van der Waals surface area contributed by atoms with Gasteiger partial charge in [0.2, 0.25) is 0 Å². The summed E-state index contributed by atoms with van der Waals surface area (Å²) < 4.78 is 0. The number of imidazole rings is 1. The van der Waals surface area contributed by atoms with Gasteiger partial charge in [0.25, 0.3) is 5.91 Å². The highest BCUT2D eigenvalue weighted by Gasteiger charge is 2.28. The Morgan fingerprint density at radius 3 is 2.72 bits per heavy atom. The number of nitrogens with one attached hydrogen (secondary N) is 2. The van der Waals surface area contributed by atoms with Crippen molar-refractivity contribution in [3.05, 3.63) is 89.0 Å². The van der Waals surface area contributed by atoms with Gasteiger partial charge in [0, 0.05) is 24.6 Å². The first kappa shape index (κ1) is 18.9. The van der Waals surface area contributed by atoms with Crippen molar-refractivity contribution < 1.29 is 4.79 Å². The molecule has 0 spiro atoms. The van der Waals surface area contributed by atoms with Crippen LogP contribution in [0.2, 0.25) is 0 Å². The van der Waals surface area contributed by atoms with E-state index in [-0.39, 0.29) is 11.9 Å². The molecule has 0 aliphatic carbocycles. The number of hydrogen-bond acceptors (Lipinski definition) is 4. The molecule has 6 nitrogen and oxygen atoms in total. The van der Waals surface area contributed by atoms with Gasteiger partial charge in [-0.05, 0) is 36.7 Å². The lowest BCUT2D eigenvalue weighted by molar-refractivity contribution is 0.0673. The second-order valence-electron chi connectivity index (χ2n) is 7.25. The maximum atomic E-state index is 13.1. The minimum absolute atomic E-state index is 0.0327. The number of amides is 1. The topological polar surface area (TPSA) is 84.8 Å². The van der Waals surface area contributed by atoms with E-state index in [1.165, 1.54) is 0 Å². The van der Waals surface area contributed by atoms with Gasteiger partial charge in [-0.2, -0.15) is 5.26 Å². The molecule has 0 saturated carbocycles. The Kier molecular flexibility index (Phi) is 5.68. The van der Waals surface area contributed by atoms with Crippen LogP contribution in [0, 0.1) is 11.3 Å². The van der Waals surface area contributed by atoms with E-state index in [2.05, 4.69) is 21.4 Å². The van der Waals surface area contributed by atoms with E-state index in [1.807, 2.05) is 59.5 Å². The lowest BCUT2D eigenvalue weighted by Gasteiger charge is -2.28. The number of carbonyl (C=O) groups excluding carboxylic acids is 1. The maximum Gasteiger partial charge on any atom is 0.254 e. The van der Waals surface area contributed by atoms with Gasteiger partial charge in [-0.15, -0.1) is 0 Å². The Bertz CT molecular complexity index is 1020. The van der Waals surface area contributed by atoms with E-state index in [0.29, 0.717) is 24.1 Å². The Morgan fingerprint density at radius 2 is 1.97 bits per heavy atom. The molecule has 2 heterocycles. The van der Waals surface area contributed by atoms with Gasteiger partial charge >= 0.3 is 0 Å². The van der Waals surface area contributed by atoms with Gasteiger partial charge in [0.05, 0.1) is 30.1 Å². The molecule has 1 fully saturated rings. The van der Waals surface area contributed by atoms with Gasteiger partial charge < -0.3 is 15.2 Å². The van der Waals surface area contributed by atoms with Crippen molar-refractivity contribution in [2.75, 3.05) is 13.1 Å². The van der Waals surface area contributed by atoms with E-state index < -0.39 is 0 Å². The average molecular weight is 385 g/mol. The summed E-state index contributed by atoms with van der Waals surface area (Å²) >= 11 is 0. The van der Waals surface area contributed by atoms with E-state index in [4.69, 9.17) is 0 Å². The lowest BCUT2D eigenvalue weighted by Crippen LogP contribution is -2.41. The fraction of sp³-hybridized carbons (Fsp3) is 0.261. The first-order chi connectivity index (χ1) is 14.2. The number of rotatable bonds is 6. The van der Waals surface area contributed by atoms with Crippen molar-refractivity contribution in [1.29, 1.82) is 5.26 Å². The zero-order valence-corrected chi connectivity index (χ0v) is 16.1. The molecule has 29 heavy (non-hydrogen) atoms. The Balaban J connectivity index is 1.52. The molecule has 1 aliphatic heterocycles. The van der Waals surface area contributed by atoms with Crippen LogP contribution in [-0.4, -0.2) is 39.9 Å². The third-order valence-corrected chi connectivity index (χ3v) is 5.27. The molecule has 3 aromatic rings. The van der Waals surface area contributed by atoms with Gasteiger partial charge in [-0.1, -0.05) is 36.4 Å². The highest BCUT2D eigenvalue weighted by molar-refractivity contribution is 5.94. The number of nitrogens with zero attached hydrogens (tertiary/aromatic N) is 3. The number of benzene rings is 2. The van der Waals surface area contributed by atoms with Crippen molar-refractivity contribution in [3.8, 4) is 6.07 Å². The quantitative estimate of drug-likeness (QED) is 0.683. The molecule has 0 bridgehead atoms. The van der Waals surface area contributed by atoms with Crippen LogP contribution in [0.5, 0.6) is 0 Å². The van der Waals surface area contributed by atoms with Crippen LogP contribution >= 0.6 is 0 Å². The first-order valence-corrected chi connectivity index (χ1v) is 9.82. The molecule has 6 heteroatoms. The molecule has 1 atom stereocenters. The monoisotopic (exact) mass is 385 g/mol. The van der Waals surface area contributed by atoms with E-state index in [0.717, 1.165) is 36.6 Å². The summed E-state index contributed by atoms with van der Waals surface area (Å²) in [6.45, 7) is 2.20. The van der Waals surface area contributed by atoms with Gasteiger partial charge in [-0.3, -0.25) is 4.79 Å². The van der Waals surface area contributed by atoms with Crippen molar-refractivity contribution in [1.82, 2.24) is 20.2 Å². The van der Waals surface area contributed by atoms with Crippen molar-refractivity contribution in [2.45, 2.75) is 25.4 Å². The van der Waals surface area contributed by atoms with E-state index in [9.17, 15) is 10.1 Å². The SMILES string of the molecule is N#Cc1ccccc1Cc1ncc(CN(C(=O)c2ccccc2)C2CCNC2)[nH]1. The van der Waals surface area contributed by atoms with Gasteiger partial charge in [0.15, 0.2) is 0 Å². The number of aromatic amines is 1. The molecule has 1 aliphatic rings. The van der Waals surface area contributed by atoms with E-state index >= 15 is 0 Å². The number of H-pyrrole nitrogens is 1. The minimum Gasteiger partial charge on any atom is -0.344 e. The summed E-state index contributed by atoms with van der Waals surface area (Å²) in [6, 6.07) is 19.3. The first-order valence-electron chi connectivity index (χ1n) is 9.82. The molecule has 2 N–H and O–H groups in total. The fourth-order valence-electron chi connectivity index (χ4n) is 3.74. The predicted molar refractivity (Wildman–Crippen MR) is 110 cm³/mol. The normalized spacial score (nSPS) is 15.8. The summed E-state index contributed by atoms with van der Waals surface area (Å²) in [5.74, 6) is 0.824. The lowest BCUT2D eigenvalue weighted by atomic mass is 10.1. The van der Waals surface area contributed by atoms with Gasteiger partial charge in [0.1, 0.15) is 5.82 Å². The fourth-order valence-corrected chi connectivity index (χ4v) is 3.74. The number of aromatic nitrogens is 2. The standard InChI is InChI=1S/C23H23N5O/c24-13-19-9-5-4-8-18(19)12-22-26-14-20(27-22)16-28(21-10-11-25-15-21)23(29)17-6-2-1-3-7-17/h1-9,14,21,25H,10-12,15-16H2,(H,26,27). The summed E-state index contributed by atoms with van der Waals surface area (Å²) in [4.78, 5) is 22.9. The molecule has 1 aromatic heterocycles. The van der Waals surface area contributed by atoms with Crippen molar-refractivity contribution >= 4 is 5.91 Å². The molecule has 1 amide bonds. The van der Waals surface area contributed by atoms with Crippen LogP contribution in [-0.2, 0) is 13.0 Å². The Morgan fingerprint density at radius 1 is 1.17 bits per heavy atom. The molecular formula is C23H23N5O. The van der Waals surface area contributed by atoms with Crippen LogP contribution < -0.4 is 5.32 Å². The van der Waals surface area contributed by atoms with Crippen LogP contribution in [0.25, 0.3) is 0 Å². The highest BCUT2D eigenvalue weighted by atomic mass is 16.2. The molecule has 1 unspecified atom stereocenters. The Hall–Kier alpha value is -3.43. The predicted octanol–water partition coefficient (Wildman–Crippen LogP) is 2.88. The van der Waals surface area contributed by atoms with Crippen molar-refractivity contribution in [2.24, 2.45) is 0 Å².